The topological polar surface area (TPSA) is 32.3 Å². The van der Waals surface area contributed by atoms with Crippen molar-refractivity contribution in [1.29, 1.82) is 0 Å². The number of benzene rings is 3. The van der Waals surface area contributed by atoms with Crippen LogP contribution >= 0.6 is 0 Å². The Bertz CT molecular complexity index is 886. The lowest BCUT2D eigenvalue weighted by Crippen LogP contribution is -2.34. The molecule has 1 heterocycles. The zero-order valence-corrected chi connectivity index (χ0v) is 14.7. The zero-order valence-electron chi connectivity index (χ0n) is 14.7. The maximum absolute atomic E-state index is 10.5. The molecular weight excluding hydrogens is 306 g/mol. The lowest BCUT2D eigenvalue weighted by atomic mass is 9.68. The van der Waals surface area contributed by atoms with Crippen LogP contribution in [0.15, 0.2) is 72.8 Å². The van der Waals surface area contributed by atoms with E-state index in [-0.39, 0.29) is 11.5 Å². The largest absolute Gasteiger partial charge is 0.506 e. The minimum Gasteiger partial charge on any atom is -0.506 e. The van der Waals surface area contributed by atoms with Gasteiger partial charge in [-0.15, -0.1) is 0 Å². The first kappa shape index (κ1) is 15.8. The maximum Gasteiger partial charge on any atom is 0.139 e. The summed E-state index contributed by atoms with van der Waals surface area (Å²) >= 11 is 0. The highest BCUT2D eigenvalue weighted by Crippen LogP contribution is 2.50. The van der Waals surface area contributed by atoms with Crippen LogP contribution in [0.5, 0.6) is 5.75 Å². The third-order valence-electron chi connectivity index (χ3n) is 5.46. The number of hydrogen-bond donors (Lipinski definition) is 2. The molecule has 1 aliphatic rings. The highest BCUT2D eigenvalue weighted by atomic mass is 16.3. The summed E-state index contributed by atoms with van der Waals surface area (Å²) in [6.45, 7) is 4.38. The molecular formula is C23H23NO. The third-order valence-corrected chi connectivity index (χ3v) is 5.46. The number of phenols is 1. The summed E-state index contributed by atoms with van der Waals surface area (Å²) in [5.74, 6) is 0.316. The Balaban J connectivity index is 1.86. The summed E-state index contributed by atoms with van der Waals surface area (Å²) in [5, 5.41) is 14.1. The quantitative estimate of drug-likeness (QED) is 0.603. The Hall–Kier alpha value is -2.74. The van der Waals surface area contributed by atoms with Crippen molar-refractivity contribution in [2.75, 3.05) is 5.32 Å². The van der Waals surface area contributed by atoms with Gasteiger partial charge >= 0.3 is 0 Å². The zero-order chi connectivity index (χ0) is 17.4. The number of rotatable bonds is 2. The first-order chi connectivity index (χ1) is 12.1. The van der Waals surface area contributed by atoms with Gasteiger partial charge in [0.25, 0.3) is 0 Å². The van der Waals surface area contributed by atoms with E-state index in [2.05, 4.69) is 79.8 Å². The number of aryl methyl sites for hydroxylation is 1. The molecule has 0 saturated heterocycles. The van der Waals surface area contributed by atoms with Gasteiger partial charge in [0.1, 0.15) is 5.75 Å². The molecule has 2 atom stereocenters. The number of fused-ring (bicyclic) bond motifs is 1. The molecule has 0 aliphatic carbocycles. The summed E-state index contributed by atoms with van der Waals surface area (Å²) in [5.41, 5.74) is 5.64. The first-order valence-corrected chi connectivity index (χ1v) is 8.79. The summed E-state index contributed by atoms with van der Waals surface area (Å²) in [6, 6.07) is 25.2. The standard InChI is InChI=1S/C23H23NO/c1-16-11-13-17(14-12-16)20-15-23(2,18-7-4-3-5-8-18)19-9-6-10-21(25)22(19)24-20/h3-14,20,24-25H,15H2,1-2H3/t20-,23-/m0/s1. The van der Waals surface area contributed by atoms with E-state index in [1.54, 1.807) is 6.07 Å². The van der Waals surface area contributed by atoms with E-state index < -0.39 is 0 Å². The van der Waals surface area contributed by atoms with E-state index >= 15 is 0 Å². The number of phenolic OH excluding ortho intramolecular Hbond substituents is 1. The van der Waals surface area contributed by atoms with Gasteiger partial charge in [0.15, 0.2) is 0 Å². The van der Waals surface area contributed by atoms with E-state index in [1.807, 2.05) is 6.07 Å². The summed E-state index contributed by atoms with van der Waals surface area (Å²) in [6.07, 6.45) is 0.941. The molecule has 0 amide bonds. The smallest absolute Gasteiger partial charge is 0.139 e. The fourth-order valence-corrected chi connectivity index (χ4v) is 3.97. The molecule has 126 valence electrons. The molecule has 0 unspecified atom stereocenters. The molecule has 1 aliphatic heterocycles. The number of para-hydroxylation sites is 1. The van der Waals surface area contributed by atoms with Gasteiger partial charge in [-0.1, -0.05) is 79.2 Å². The lowest BCUT2D eigenvalue weighted by Gasteiger charge is -2.42. The lowest BCUT2D eigenvalue weighted by molar-refractivity contribution is 0.438. The molecule has 0 fully saturated rings. The SMILES string of the molecule is Cc1ccc([C@@H]2C[C@@](C)(c3ccccc3)c3cccc(O)c3N2)cc1. The van der Waals surface area contributed by atoms with Gasteiger partial charge < -0.3 is 10.4 Å². The number of nitrogens with one attached hydrogen (secondary N) is 1. The van der Waals surface area contributed by atoms with Crippen molar-refractivity contribution >= 4 is 5.69 Å². The van der Waals surface area contributed by atoms with Crippen LogP contribution in [0.4, 0.5) is 5.69 Å². The van der Waals surface area contributed by atoms with Crippen molar-refractivity contribution in [3.63, 3.8) is 0 Å². The van der Waals surface area contributed by atoms with Crippen molar-refractivity contribution in [3.8, 4) is 5.75 Å². The second-order valence-corrected chi connectivity index (χ2v) is 7.21. The summed E-state index contributed by atoms with van der Waals surface area (Å²) in [7, 11) is 0. The Kier molecular flexibility index (Phi) is 3.76. The van der Waals surface area contributed by atoms with Gasteiger partial charge in [-0.05, 0) is 36.1 Å². The Morgan fingerprint density at radius 2 is 1.64 bits per heavy atom. The molecule has 3 aromatic rings. The molecule has 0 bridgehead atoms. The average Bonchev–Trinajstić information content (AvgIpc) is 2.64. The van der Waals surface area contributed by atoms with Crippen molar-refractivity contribution in [2.45, 2.75) is 31.7 Å². The normalized spacial score (nSPS) is 22.1. The Morgan fingerprint density at radius 1 is 0.920 bits per heavy atom. The number of anilines is 1. The molecule has 0 saturated carbocycles. The molecule has 3 aromatic carbocycles. The highest BCUT2D eigenvalue weighted by Gasteiger charge is 2.39. The molecule has 0 radical (unpaired) electrons. The first-order valence-electron chi connectivity index (χ1n) is 8.79. The third kappa shape index (κ3) is 2.68. The predicted octanol–water partition coefficient (Wildman–Crippen LogP) is 5.56. The molecule has 2 N–H and O–H groups in total. The van der Waals surface area contributed by atoms with Gasteiger partial charge in [-0.25, -0.2) is 0 Å². The number of hydrogen-bond acceptors (Lipinski definition) is 2. The van der Waals surface area contributed by atoms with Crippen molar-refractivity contribution in [2.24, 2.45) is 0 Å². The summed E-state index contributed by atoms with van der Waals surface area (Å²) in [4.78, 5) is 0. The minimum atomic E-state index is -0.157. The molecule has 4 rings (SSSR count). The molecule has 2 nitrogen and oxygen atoms in total. The van der Waals surface area contributed by atoms with Crippen LogP contribution in [0.25, 0.3) is 0 Å². The average molecular weight is 329 g/mol. The monoisotopic (exact) mass is 329 g/mol. The fourth-order valence-electron chi connectivity index (χ4n) is 3.97. The molecule has 2 heteroatoms. The van der Waals surface area contributed by atoms with Crippen LogP contribution in [0, 0.1) is 6.92 Å². The minimum absolute atomic E-state index is 0.157. The highest BCUT2D eigenvalue weighted by molar-refractivity contribution is 5.68. The van der Waals surface area contributed by atoms with E-state index in [0.717, 1.165) is 17.7 Å². The summed E-state index contributed by atoms with van der Waals surface area (Å²) < 4.78 is 0. The molecule has 25 heavy (non-hydrogen) atoms. The van der Waals surface area contributed by atoms with E-state index in [4.69, 9.17) is 0 Å². The van der Waals surface area contributed by atoms with Crippen LogP contribution < -0.4 is 5.32 Å². The molecule has 0 aromatic heterocycles. The van der Waals surface area contributed by atoms with E-state index in [0.29, 0.717) is 5.75 Å². The second kappa shape index (κ2) is 5.96. The van der Waals surface area contributed by atoms with Crippen LogP contribution in [0.1, 0.15) is 41.6 Å². The second-order valence-electron chi connectivity index (χ2n) is 7.21. The van der Waals surface area contributed by atoms with Crippen molar-refractivity contribution in [1.82, 2.24) is 0 Å². The maximum atomic E-state index is 10.5. The predicted molar refractivity (Wildman–Crippen MR) is 103 cm³/mol. The van der Waals surface area contributed by atoms with Crippen molar-refractivity contribution in [3.05, 3.63) is 95.1 Å². The van der Waals surface area contributed by atoms with Crippen LogP contribution in [0.3, 0.4) is 0 Å². The van der Waals surface area contributed by atoms with E-state index in [1.165, 1.54) is 16.7 Å². The number of aromatic hydroxyl groups is 1. The molecule has 0 spiro atoms. The van der Waals surface area contributed by atoms with Crippen LogP contribution in [-0.4, -0.2) is 5.11 Å². The van der Waals surface area contributed by atoms with Crippen LogP contribution in [0.2, 0.25) is 0 Å². The van der Waals surface area contributed by atoms with Gasteiger partial charge in [0.05, 0.1) is 11.7 Å². The van der Waals surface area contributed by atoms with E-state index in [9.17, 15) is 5.11 Å². The Labute approximate surface area is 149 Å². The van der Waals surface area contributed by atoms with Gasteiger partial charge in [0, 0.05) is 5.41 Å². The Morgan fingerprint density at radius 3 is 2.36 bits per heavy atom. The van der Waals surface area contributed by atoms with Gasteiger partial charge in [0.2, 0.25) is 0 Å². The van der Waals surface area contributed by atoms with Gasteiger partial charge in [-0.3, -0.25) is 0 Å². The fraction of sp³-hybridized carbons (Fsp3) is 0.217. The van der Waals surface area contributed by atoms with Crippen molar-refractivity contribution < 1.29 is 5.11 Å². The van der Waals surface area contributed by atoms with Gasteiger partial charge in [-0.2, -0.15) is 0 Å². The van der Waals surface area contributed by atoms with Crippen LogP contribution in [-0.2, 0) is 5.41 Å².